The summed E-state index contributed by atoms with van der Waals surface area (Å²) in [4.78, 5) is 0. The van der Waals surface area contributed by atoms with Gasteiger partial charge < -0.3 is 10.2 Å². The molecule has 0 fully saturated rings. The predicted molar refractivity (Wildman–Crippen MR) is 68.0 cm³/mol. The number of hydrogen-bond donors (Lipinski definition) is 2. The Labute approximate surface area is 109 Å². The fourth-order valence-electron chi connectivity index (χ4n) is 0.909. The summed E-state index contributed by atoms with van der Waals surface area (Å²) in [6.45, 7) is 1.73. The van der Waals surface area contributed by atoms with Gasteiger partial charge in [-0.15, -0.1) is 0 Å². The van der Waals surface area contributed by atoms with Gasteiger partial charge >= 0.3 is 5.20 Å². The number of aliphatic hydroxyl groups is 2. The summed E-state index contributed by atoms with van der Waals surface area (Å²) in [5.74, 6) is -1.67. The molecule has 2 N–H and O–H groups in total. The summed E-state index contributed by atoms with van der Waals surface area (Å²) in [5, 5.41) is 15.5. The van der Waals surface area contributed by atoms with E-state index in [1.165, 1.54) is 0 Å². The molecule has 0 atom stereocenters. The maximum atomic E-state index is 9.51. The fraction of sp³-hybridized carbons (Fsp3) is 0.333. The highest BCUT2D eigenvalue weighted by Gasteiger charge is 2.21. The molecule has 0 aliphatic heterocycles. The van der Waals surface area contributed by atoms with Crippen molar-refractivity contribution in [1.82, 2.24) is 0 Å². The van der Waals surface area contributed by atoms with Crippen LogP contribution < -0.4 is 0 Å². The molecule has 1 aromatic carbocycles. The molecular weight excluding hydrogens is 293 g/mol. The number of hydrogen-bond acceptors (Lipinski definition) is 3. The summed E-state index contributed by atoms with van der Waals surface area (Å²) in [7, 11) is 0. The van der Waals surface area contributed by atoms with E-state index >= 15 is 0 Å². The second-order valence-corrected chi connectivity index (χ2v) is 9.57. The molecule has 3 nitrogen and oxygen atoms in total. The van der Waals surface area contributed by atoms with E-state index < -0.39 is 11.0 Å². The summed E-state index contributed by atoms with van der Waals surface area (Å²) < 4.78 is 9.51. The Kier molecular flexibility index (Phi) is 6.95. The van der Waals surface area contributed by atoms with Gasteiger partial charge in [-0.3, -0.25) is 4.57 Å². The lowest BCUT2D eigenvalue weighted by Gasteiger charge is -2.19. The van der Waals surface area contributed by atoms with Crippen molar-refractivity contribution < 1.29 is 14.8 Å². The average molecular weight is 306 g/mol. The Morgan fingerprint density at radius 3 is 1.88 bits per heavy atom. The Bertz CT molecular complexity index is 342. The largest absolute Gasteiger partial charge is 0.362 e. The van der Waals surface area contributed by atoms with Gasteiger partial charge in [0.25, 0.3) is 0 Å². The molecule has 1 aromatic rings. The molecule has 0 spiro atoms. The van der Waals surface area contributed by atoms with Crippen LogP contribution in [0.2, 0.25) is 0 Å². The molecule has 0 radical (unpaired) electrons. The smallest absolute Gasteiger partial charge is 0.339 e. The van der Waals surface area contributed by atoms with Crippen molar-refractivity contribution >= 4 is 38.9 Å². The molecule has 0 aliphatic carbocycles. The van der Waals surface area contributed by atoms with Crippen LogP contribution in [0.5, 0.6) is 0 Å². The first-order valence-electron chi connectivity index (χ1n) is 4.36. The van der Waals surface area contributed by atoms with Gasteiger partial charge in [0.15, 0.2) is 5.79 Å². The maximum Gasteiger partial charge on any atom is 0.339 e. The van der Waals surface area contributed by atoms with Crippen LogP contribution in [-0.2, 0) is 10.4 Å². The Morgan fingerprint density at radius 2 is 1.56 bits per heavy atom. The Morgan fingerprint density at radius 1 is 1.19 bits per heavy atom. The van der Waals surface area contributed by atoms with Crippen LogP contribution >= 0.6 is 38.9 Å². The third kappa shape index (κ3) is 8.40. The van der Waals surface area contributed by atoms with E-state index in [9.17, 15) is 14.8 Å². The monoisotopic (exact) mass is 304 g/mol. The van der Waals surface area contributed by atoms with Gasteiger partial charge in [-0.25, -0.2) is 0 Å². The van der Waals surface area contributed by atoms with Crippen molar-refractivity contribution in [2.75, 3.05) is 0 Å². The van der Waals surface area contributed by atoms with Crippen molar-refractivity contribution in [3.63, 3.8) is 0 Å². The normalized spacial score (nSPS) is 11.6. The SMILES string of the molecule is CCC(O)(O)c1ccccc1.O=P(Cl)(Cl)Cl. The summed E-state index contributed by atoms with van der Waals surface area (Å²) in [6.07, 6.45) is 0.303. The molecule has 0 amide bonds. The van der Waals surface area contributed by atoms with E-state index in [2.05, 4.69) is 33.7 Å². The van der Waals surface area contributed by atoms with Gasteiger partial charge in [0.05, 0.1) is 0 Å². The van der Waals surface area contributed by atoms with E-state index in [4.69, 9.17) is 0 Å². The second kappa shape index (κ2) is 6.85. The highest BCUT2D eigenvalue weighted by Crippen LogP contribution is 2.61. The lowest BCUT2D eigenvalue weighted by Crippen LogP contribution is -2.23. The van der Waals surface area contributed by atoms with Crippen molar-refractivity contribution in [2.24, 2.45) is 0 Å². The van der Waals surface area contributed by atoms with Crippen LogP contribution in [-0.4, -0.2) is 10.2 Å². The summed E-state index contributed by atoms with van der Waals surface area (Å²) in [5.41, 5.74) is 0.544. The Balaban J connectivity index is 0.000000385. The van der Waals surface area contributed by atoms with Gasteiger partial charge in [0.1, 0.15) is 0 Å². The van der Waals surface area contributed by atoms with Crippen LogP contribution in [0, 0.1) is 0 Å². The van der Waals surface area contributed by atoms with E-state index in [1.807, 2.05) is 6.07 Å². The molecule has 92 valence electrons. The van der Waals surface area contributed by atoms with Crippen LogP contribution in [0.25, 0.3) is 0 Å². The van der Waals surface area contributed by atoms with E-state index in [1.54, 1.807) is 31.2 Å². The number of rotatable bonds is 2. The van der Waals surface area contributed by atoms with Crippen LogP contribution in [0.3, 0.4) is 0 Å². The molecule has 16 heavy (non-hydrogen) atoms. The number of halogens is 3. The van der Waals surface area contributed by atoms with Crippen molar-refractivity contribution in [1.29, 1.82) is 0 Å². The second-order valence-electron chi connectivity index (χ2n) is 2.93. The molecule has 0 saturated heterocycles. The highest BCUT2D eigenvalue weighted by molar-refractivity contribution is 8.24. The van der Waals surface area contributed by atoms with Gasteiger partial charge in [-0.2, -0.15) is 0 Å². The minimum absolute atomic E-state index is 0.303. The predicted octanol–water partition coefficient (Wildman–Crippen LogP) is 4.04. The molecule has 1 rings (SSSR count). The van der Waals surface area contributed by atoms with Gasteiger partial charge in [0.2, 0.25) is 0 Å². The van der Waals surface area contributed by atoms with Crippen LogP contribution in [0.4, 0.5) is 0 Å². The first-order valence-corrected chi connectivity index (χ1v) is 8.78. The molecular formula is C9H12Cl3O3P. The highest BCUT2D eigenvalue weighted by atomic mass is 36.0. The first-order chi connectivity index (χ1) is 7.17. The van der Waals surface area contributed by atoms with Gasteiger partial charge in [0, 0.05) is 12.0 Å². The van der Waals surface area contributed by atoms with Crippen molar-refractivity contribution in [2.45, 2.75) is 19.1 Å². The fourth-order valence-corrected chi connectivity index (χ4v) is 0.909. The van der Waals surface area contributed by atoms with Crippen molar-refractivity contribution in [3.8, 4) is 0 Å². The summed E-state index contributed by atoms with van der Waals surface area (Å²) >= 11 is 13.8. The lowest BCUT2D eigenvalue weighted by atomic mass is 10.0. The quantitative estimate of drug-likeness (QED) is 0.640. The van der Waals surface area contributed by atoms with E-state index in [0.717, 1.165) is 0 Å². The molecule has 7 heteroatoms. The molecule has 0 bridgehead atoms. The summed E-state index contributed by atoms with van der Waals surface area (Å²) in [6, 6.07) is 8.81. The number of benzene rings is 1. The van der Waals surface area contributed by atoms with Crippen molar-refractivity contribution in [3.05, 3.63) is 35.9 Å². The zero-order valence-corrected chi connectivity index (χ0v) is 11.6. The average Bonchev–Trinajstić information content (AvgIpc) is 2.17. The zero-order valence-electron chi connectivity index (χ0n) is 8.48. The standard InChI is InChI=1S/C9H12O2.Cl3OP/c1-2-9(10,11)8-6-4-3-5-7-8;1-5(2,3)4/h3-7,10-11H,2H2,1H3;. The molecule has 0 unspecified atom stereocenters. The molecule has 0 saturated carbocycles. The lowest BCUT2D eigenvalue weighted by molar-refractivity contribution is -0.171. The van der Waals surface area contributed by atoms with Crippen LogP contribution in [0.1, 0.15) is 18.9 Å². The third-order valence-electron chi connectivity index (χ3n) is 1.73. The topological polar surface area (TPSA) is 57.5 Å². The maximum absolute atomic E-state index is 9.51. The molecule has 0 aromatic heterocycles. The molecule has 0 heterocycles. The molecule has 0 aliphatic rings. The zero-order chi connectivity index (χ0) is 12.8. The minimum Gasteiger partial charge on any atom is -0.362 e. The minimum atomic E-state index is -3.22. The van der Waals surface area contributed by atoms with Gasteiger partial charge in [-0.05, 0) is 33.7 Å². The van der Waals surface area contributed by atoms with E-state index in [0.29, 0.717) is 12.0 Å². The van der Waals surface area contributed by atoms with E-state index in [-0.39, 0.29) is 0 Å². The van der Waals surface area contributed by atoms with Gasteiger partial charge in [-0.1, -0.05) is 37.3 Å². The Hall–Kier alpha value is 0.240. The third-order valence-corrected chi connectivity index (χ3v) is 1.73. The van der Waals surface area contributed by atoms with Crippen LogP contribution in [0.15, 0.2) is 30.3 Å². The first kappa shape index (κ1) is 16.2.